The van der Waals surface area contributed by atoms with Crippen molar-refractivity contribution in [2.45, 2.75) is 6.54 Å². The van der Waals surface area contributed by atoms with Gasteiger partial charge in [0.05, 0.1) is 4.92 Å². The average Bonchev–Trinajstić information content (AvgIpc) is 2.57. The molecule has 0 amide bonds. The fraction of sp³-hybridized carbons (Fsp3) is 0.312. The van der Waals surface area contributed by atoms with E-state index in [1.165, 1.54) is 0 Å². The number of hydrogen-bond acceptors (Lipinski definition) is 5. The third-order valence-electron chi connectivity index (χ3n) is 3.93. The first-order chi connectivity index (χ1) is 10.7. The van der Waals surface area contributed by atoms with Gasteiger partial charge >= 0.3 is 0 Å². The second-order valence-electron chi connectivity index (χ2n) is 5.34. The van der Waals surface area contributed by atoms with Crippen molar-refractivity contribution in [2.75, 3.05) is 31.1 Å². The van der Waals surface area contributed by atoms with E-state index in [9.17, 15) is 10.1 Å². The lowest BCUT2D eigenvalue weighted by molar-refractivity contribution is -0.385. The van der Waals surface area contributed by atoms with E-state index in [1.807, 2.05) is 30.3 Å². The molecule has 114 valence electrons. The number of para-hydroxylation sites is 1. The van der Waals surface area contributed by atoms with E-state index in [4.69, 9.17) is 0 Å². The summed E-state index contributed by atoms with van der Waals surface area (Å²) in [7, 11) is 0. The van der Waals surface area contributed by atoms with Gasteiger partial charge < -0.3 is 4.90 Å². The van der Waals surface area contributed by atoms with E-state index < -0.39 is 0 Å². The maximum atomic E-state index is 11.1. The lowest BCUT2D eigenvalue weighted by Crippen LogP contribution is -2.46. The van der Waals surface area contributed by atoms with Gasteiger partial charge in [-0.1, -0.05) is 24.3 Å². The Morgan fingerprint density at radius 3 is 2.45 bits per heavy atom. The molecule has 1 saturated heterocycles. The molecule has 0 spiro atoms. The molecule has 3 rings (SSSR count). The summed E-state index contributed by atoms with van der Waals surface area (Å²) in [5, 5.41) is 11.1. The Labute approximate surface area is 129 Å². The minimum absolute atomic E-state index is 0.203. The zero-order valence-corrected chi connectivity index (χ0v) is 12.3. The molecule has 6 nitrogen and oxygen atoms in total. The van der Waals surface area contributed by atoms with Crippen LogP contribution in [-0.4, -0.2) is 41.0 Å². The van der Waals surface area contributed by atoms with Gasteiger partial charge in [0.25, 0.3) is 5.69 Å². The van der Waals surface area contributed by atoms with E-state index in [2.05, 4.69) is 14.8 Å². The number of pyridine rings is 1. The lowest BCUT2D eigenvalue weighted by Gasteiger charge is -2.35. The standard InChI is InChI=1S/C16H18N4O2/c21-20(22)15-6-2-1-5-14(15)13-18-9-11-19(12-10-18)16-7-3-4-8-17-16/h1-8H,9-13H2. The highest BCUT2D eigenvalue weighted by molar-refractivity contribution is 5.40. The predicted octanol–water partition coefficient (Wildman–Crippen LogP) is 2.31. The molecule has 2 aromatic rings. The summed E-state index contributed by atoms with van der Waals surface area (Å²) >= 11 is 0. The Hall–Kier alpha value is -2.47. The fourth-order valence-electron chi connectivity index (χ4n) is 2.74. The van der Waals surface area contributed by atoms with Crippen molar-refractivity contribution in [3.63, 3.8) is 0 Å². The highest BCUT2D eigenvalue weighted by atomic mass is 16.6. The van der Waals surface area contributed by atoms with Crippen LogP contribution in [0.15, 0.2) is 48.7 Å². The van der Waals surface area contributed by atoms with Gasteiger partial charge in [-0.2, -0.15) is 0 Å². The normalized spacial score (nSPS) is 15.7. The maximum Gasteiger partial charge on any atom is 0.273 e. The second kappa shape index (κ2) is 6.53. The van der Waals surface area contributed by atoms with Gasteiger partial charge in [0.1, 0.15) is 5.82 Å². The third kappa shape index (κ3) is 3.23. The lowest BCUT2D eigenvalue weighted by atomic mass is 10.1. The van der Waals surface area contributed by atoms with Crippen molar-refractivity contribution in [1.29, 1.82) is 0 Å². The first-order valence-electron chi connectivity index (χ1n) is 7.34. The summed E-state index contributed by atoms with van der Waals surface area (Å²) in [6.07, 6.45) is 1.80. The van der Waals surface area contributed by atoms with E-state index in [-0.39, 0.29) is 10.6 Å². The van der Waals surface area contributed by atoms with Gasteiger partial charge in [-0.3, -0.25) is 15.0 Å². The van der Waals surface area contributed by atoms with Crippen molar-refractivity contribution in [1.82, 2.24) is 9.88 Å². The zero-order valence-electron chi connectivity index (χ0n) is 12.3. The molecule has 0 saturated carbocycles. The Bertz CT molecular complexity index is 640. The first kappa shape index (κ1) is 14.5. The number of nitro benzene ring substituents is 1. The van der Waals surface area contributed by atoms with Crippen molar-refractivity contribution < 1.29 is 4.92 Å². The van der Waals surface area contributed by atoms with E-state index in [0.717, 1.165) is 37.6 Å². The minimum Gasteiger partial charge on any atom is -0.354 e. The number of anilines is 1. The summed E-state index contributed by atoms with van der Waals surface area (Å²) < 4.78 is 0. The Morgan fingerprint density at radius 1 is 1.05 bits per heavy atom. The SMILES string of the molecule is O=[N+]([O-])c1ccccc1CN1CCN(c2ccccn2)CC1. The van der Waals surface area contributed by atoms with Gasteiger partial charge in [0, 0.05) is 50.6 Å². The van der Waals surface area contributed by atoms with Crippen LogP contribution in [0.3, 0.4) is 0 Å². The average molecular weight is 298 g/mol. The fourth-order valence-corrected chi connectivity index (χ4v) is 2.74. The topological polar surface area (TPSA) is 62.5 Å². The second-order valence-corrected chi connectivity index (χ2v) is 5.34. The van der Waals surface area contributed by atoms with Gasteiger partial charge in [-0.15, -0.1) is 0 Å². The molecule has 0 unspecified atom stereocenters. The third-order valence-corrected chi connectivity index (χ3v) is 3.93. The molecule has 0 bridgehead atoms. The summed E-state index contributed by atoms with van der Waals surface area (Å²) in [5.74, 6) is 0.993. The van der Waals surface area contributed by atoms with Crippen molar-refractivity contribution in [3.8, 4) is 0 Å². The number of aromatic nitrogens is 1. The largest absolute Gasteiger partial charge is 0.354 e. The Balaban J connectivity index is 1.62. The summed E-state index contributed by atoms with van der Waals surface area (Å²) in [6, 6.07) is 12.9. The molecular formula is C16H18N4O2. The Kier molecular flexibility index (Phi) is 4.29. The summed E-state index contributed by atoms with van der Waals surface area (Å²) in [4.78, 5) is 19.6. The molecule has 1 aliphatic rings. The van der Waals surface area contributed by atoms with Crippen LogP contribution in [0.4, 0.5) is 11.5 Å². The molecule has 0 radical (unpaired) electrons. The number of rotatable bonds is 4. The smallest absolute Gasteiger partial charge is 0.273 e. The molecule has 2 heterocycles. The molecule has 1 aromatic carbocycles. The van der Waals surface area contributed by atoms with Crippen LogP contribution in [0, 0.1) is 10.1 Å². The van der Waals surface area contributed by atoms with E-state index >= 15 is 0 Å². The van der Waals surface area contributed by atoms with Crippen LogP contribution in [0.1, 0.15) is 5.56 Å². The molecule has 6 heteroatoms. The van der Waals surface area contributed by atoms with Crippen molar-refractivity contribution in [3.05, 3.63) is 64.3 Å². The first-order valence-corrected chi connectivity index (χ1v) is 7.34. The van der Waals surface area contributed by atoms with Crippen LogP contribution in [0.25, 0.3) is 0 Å². The number of piperazine rings is 1. The van der Waals surface area contributed by atoms with Crippen LogP contribution in [0.2, 0.25) is 0 Å². The van der Waals surface area contributed by atoms with Gasteiger partial charge in [0.15, 0.2) is 0 Å². The number of nitro groups is 1. The molecule has 1 fully saturated rings. The number of nitrogens with zero attached hydrogens (tertiary/aromatic N) is 4. The summed E-state index contributed by atoms with van der Waals surface area (Å²) in [6.45, 7) is 4.15. The van der Waals surface area contributed by atoms with Crippen LogP contribution >= 0.6 is 0 Å². The van der Waals surface area contributed by atoms with Crippen molar-refractivity contribution >= 4 is 11.5 Å². The molecule has 22 heavy (non-hydrogen) atoms. The quantitative estimate of drug-likeness (QED) is 0.640. The van der Waals surface area contributed by atoms with E-state index in [0.29, 0.717) is 6.54 Å². The minimum atomic E-state index is -0.306. The molecule has 0 N–H and O–H groups in total. The predicted molar refractivity (Wildman–Crippen MR) is 84.8 cm³/mol. The molecular weight excluding hydrogens is 280 g/mol. The molecule has 0 aliphatic carbocycles. The Morgan fingerprint density at radius 2 is 1.77 bits per heavy atom. The number of hydrogen-bond donors (Lipinski definition) is 0. The van der Waals surface area contributed by atoms with Crippen LogP contribution in [-0.2, 0) is 6.54 Å². The van der Waals surface area contributed by atoms with E-state index in [1.54, 1.807) is 18.3 Å². The van der Waals surface area contributed by atoms with Gasteiger partial charge in [0.2, 0.25) is 0 Å². The van der Waals surface area contributed by atoms with Crippen LogP contribution < -0.4 is 4.90 Å². The molecule has 1 aromatic heterocycles. The highest BCUT2D eigenvalue weighted by Crippen LogP contribution is 2.21. The van der Waals surface area contributed by atoms with Gasteiger partial charge in [-0.05, 0) is 12.1 Å². The van der Waals surface area contributed by atoms with Crippen molar-refractivity contribution in [2.24, 2.45) is 0 Å². The molecule has 1 aliphatic heterocycles. The number of benzene rings is 1. The maximum absolute atomic E-state index is 11.1. The highest BCUT2D eigenvalue weighted by Gasteiger charge is 2.20. The van der Waals surface area contributed by atoms with Crippen LogP contribution in [0.5, 0.6) is 0 Å². The summed E-state index contributed by atoms with van der Waals surface area (Å²) in [5.41, 5.74) is 0.980. The monoisotopic (exact) mass is 298 g/mol. The van der Waals surface area contributed by atoms with Gasteiger partial charge in [-0.25, -0.2) is 4.98 Å². The molecule has 0 atom stereocenters. The zero-order chi connectivity index (χ0) is 15.4.